The molecule has 0 aliphatic carbocycles. The number of piperidine rings is 1. The Balaban J connectivity index is 2.06. The zero-order valence-corrected chi connectivity index (χ0v) is 21.4. The van der Waals surface area contributed by atoms with Gasteiger partial charge in [0.15, 0.2) is 0 Å². The monoisotopic (exact) mass is 459 g/mol. The summed E-state index contributed by atoms with van der Waals surface area (Å²) in [5.74, 6) is 1.16. The van der Waals surface area contributed by atoms with E-state index in [1.165, 1.54) is 0 Å². The summed E-state index contributed by atoms with van der Waals surface area (Å²) in [7, 11) is 7.23. The van der Waals surface area contributed by atoms with Crippen molar-refractivity contribution in [1.82, 2.24) is 14.7 Å². The van der Waals surface area contributed by atoms with E-state index in [0.717, 1.165) is 54.1 Å². The van der Waals surface area contributed by atoms with Crippen LogP contribution in [-0.2, 0) is 22.6 Å². The molecule has 33 heavy (non-hydrogen) atoms. The van der Waals surface area contributed by atoms with Crippen LogP contribution in [0.2, 0.25) is 0 Å². The van der Waals surface area contributed by atoms with Gasteiger partial charge in [0.1, 0.15) is 5.75 Å². The molecule has 1 aromatic rings. The highest BCUT2D eigenvalue weighted by atomic mass is 16.5. The molecule has 0 saturated carbocycles. The maximum Gasteiger partial charge on any atom is 0.325 e. The SMILES string of the molecule is COCCN1C(=O)N(Cc2cc(COC)cc(OC)c2C)/C(=C\C(C)C)C12CCN(C)CC2. The molecule has 3 rings (SSSR count). The summed E-state index contributed by atoms with van der Waals surface area (Å²) in [6.45, 7) is 10.5. The minimum atomic E-state index is -0.283. The van der Waals surface area contributed by atoms with E-state index < -0.39 is 0 Å². The molecule has 0 aromatic heterocycles. The third-order valence-electron chi connectivity index (χ3n) is 6.96. The number of carbonyl (C=O) groups is 1. The molecule has 7 heteroatoms. The first kappa shape index (κ1) is 25.5. The normalized spacial score (nSPS) is 20.0. The molecule has 2 saturated heterocycles. The average molecular weight is 460 g/mol. The number of carbonyl (C=O) groups excluding carboxylic acids is 1. The van der Waals surface area contributed by atoms with E-state index in [-0.39, 0.29) is 11.6 Å². The molecule has 2 fully saturated rings. The Morgan fingerprint density at radius 1 is 1.12 bits per heavy atom. The number of urea groups is 1. The number of methoxy groups -OCH3 is 3. The van der Waals surface area contributed by atoms with Crippen LogP contribution in [0.3, 0.4) is 0 Å². The van der Waals surface area contributed by atoms with E-state index in [1.807, 2.05) is 11.0 Å². The number of likely N-dealkylation sites (tertiary alicyclic amines) is 1. The summed E-state index contributed by atoms with van der Waals surface area (Å²) in [6, 6.07) is 4.22. The number of nitrogens with zero attached hydrogens (tertiary/aromatic N) is 3. The number of hydrogen-bond acceptors (Lipinski definition) is 5. The molecular weight excluding hydrogens is 418 g/mol. The fourth-order valence-corrected chi connectivity index (χ4v) is 5.15. The number of amides is 2. The summed E-state index contributed by atoms with van der Waals surface area (Å²) in [5, 5.41) is 0. The number of allylic oxidation sites excluding steroid dienone is 1. The van der Waals surface area contributed by atoms with Crippen molar-refractivity contribution in [3.05, 3.63) is 40.6 Å². The van der Waals surface area contributed by atoms with E-state index in [1.54, 1.807) is 21.3 Å². The van der Waals surface area contributed by atoms with Crippen molar-refractivity contribution in [2.75, 3.05) is 54.6 Å². The van der Waals surface area contributed by atoms with Crippen molar-refractivity contribution in [3.8, 4) is 5.75 Å². The molecule has 0 unspecified atom stereocenters. The average Bonchev–Trinajstić information content (AvgIpc) is 2.98. The first-order valence-corrected chi connectivity index (χ1v) is 11.9. The van der Waals surface area contributed by atoms with Gasteiger partial charge in [-0.3, -0.25) is 4.90 Å². The van der Waals surface area contributed by atoms with Gasteiger partial charge in [0.25, 0.3) is 0 Å². The molecule has 1 aromatic carbocycles. The first-order valence-electron chi connectivity index (χ1n) is 11.9. The van der Waals surface area contributed by atoms with Crippen LogP contribution in [0.15, 0.2) is 23.9 Å². The number of rotatable bonds is 9. The van der Waals surface area contributed by atoms with Crippen molar-refractivity contribution in [3.63, 3.8) is 0 Å². The fourth-order valence-electron chi connectivity index (χ4n) is 5.15. The van der Waals surface area contributed by atoms with Gasteiger partial charge >= 0.3 is 6.03 Å². The Morgan fingerprint density at radius 3 is 2.39 bits per heavy atom. The molecule has 0 radical (unpaired) electrons. The molecule has 0 N–H and O–H groups in total. The minimum Gasteiger partial charge on any atom is -0.496 e. The van der Waals surface area contributed by atoms with E-state index >= 15 is 0 Å². The van der Waals surface area contributed by atoms with Gasteiger partial charge in [-0.05, 0) is 55.5 Å². The molecule has 2 aliphatic rings. The highest BCUT2D eigenvalue weighted by molar-refractivity contribution is 5.82. The molecule has 7 nitrogen and oxygen atoms in total. The molecule has 1 spiro atoms. The highest BCUT2D eigenvalue weighted by Gasteiger charge is 2.54. The molecule has 2 amide bonds. The Bertz CT molecular complexity index is 859. The topological polar surface area (TPSA) is 54.5 Å². The molecule has 0 bridgehead atoms. The zero-order valence-electron chi connectivity index (χ0n) is 21.4. The lowest BCUT2D eigenvalue weighted by Gasteiger charge is -2.43. The van der Waals surface area contributed by atoms with Gasteiger partial charge in [-0.15, -0.1) is 0 Å². The quantitative estimate of drug-likeness (QED) is 0.558. The van der Waals surface area contributed by atoms with E-state index in [2.05, 4.69) is 49.8 Å². The van der Waals surface area contributed by atoms with Crippen molar-refractivity contribution in [1.29, 1.82) is 0 Å². The van der Waals surface area contributed by atoms with Gasteiger partial charge in [-0.2, -0.15) is 0 Å². The van der Waals surface area contributed by atoms with Gasteiger partial charge in [0, 0.05) is 39.6 Å². The molecular formula is C26H41N3O4. The molecule has 2 aliphatic heterocycles. The second kappa shape index (κ2) is 10.9. The van der Waals surface area contributed by atoms with Crippen LogP contribution in [0.4, 0.5) is 4.79 Å². The predicted octanol–water partition coefficient (Wildman–Crippen LogP) is 4.04. The third-order valence-corrected chi connectivity index (χ3v) is 6.96. The van der Waals surface area contributed by atoms with Crippen LogP contribution >= 0.6 is 0 Å². The van der Waals surface area contributed by atoms with Crippen molar-refractivity contribution in [2.45, 2.75) is 52.3 Å². The summed E-state index contributed by atoms with van der Waals surface area (Å²) in [5.41, 5.74) is 4.04. The summed E-state index contributed by atoms with van der Waals surface area (Å²) < 4.78 is 16.4. The first-order chi connectivity index (χ1) is 15.8. The largest absolute Gasteiger partial charge is 0.496 e. The lowest BCUT2D eigenvalue weighted by atomic mass is 9.82. The van der Waals surface area contributed by atoms with Crippen molar-refractivity contribution in [2.24, 2.45) is 5.92 Å². The number of hydrogen-bond donors (Lipinski definition) is 0. The Hall–Kier alpha value is -2.09. The number of benzene rings is 1. The molecule has 0 atom stereocenters. The van der Waals surface area contributed by atoms with Gasteiger partial charge in [0.2, 0.25) is 0 Å². The van der Waals surface area contributed by atoms with Crippen molar-refractivity contribution >= 4 is 6.03 Å². The van der Waals surface area contributed by atoms with E-state index in [9.17, 15) is 4.79 Å². The lowest BCUT2D eigenvalue weighted by molar-refractivity contribution is 0.0769. The third kappa shape index (κ3) is 5.20. The van der Waals surface area contributed by atoms with E-state index in [0.29, 0.717) is 32.2 Å². The Kier molecular flexibility index (Phi) is 8.43. The number of ether oxygens (including phenoxy) is 3. The van der Waals surface area contributed by atoms with Gasteiger partial charge in [-0.1, -0.05) is 26.0 Å². The van der Waals surface area contributed by atoms with Crippen LogP contribution in [0, 0.1) is 12.8 Å². The minimum absolute atomic E-state index is 0.0685. The van der Waals surface area contributed by atoms with Crippen LogP contribution in [-0.4, -0.2) is 80.9 Å². The second-order valence-electron chi connectivity index (χ2n) is 9.66. The lowest BCUT2D eigenvalue weighted by Crippen LogP contribution is -2.53. The van der Waals surface area contributed by atoms with Crippen LogP contribution in [0.25, 0.3) is 0 Å². The Labute approximate surface area is 199 Å². The maximum atomic E-state index is 13.9. The van der Waals surface area contributed by atoms with Gasteiger partial charge in [-0.25, -0.2) is 4.79 Å². The highest BCUT2D eigenvalue weighted by Crippen LogP contribution is 2.45. The van der Waals surface area contributed by atoms with Crippen molar-refractivity contribution < 1.29 is 19.0 Å². The zero-order chi connectivity index (χ0) is 24.2. The second-order valence-corrected chi connectivity index (χ2v) is 9.66. The van der Waals surface area contributed by atoms with Crippen LogP contribution < -0.4 is 4.74 Å². The van der Waals surface area contributed by atoms with Gasteiger partial charge in [0.05, 0.1) is 32.4 Å². The summed E-state index contributed by atoms with van der Waals surface area (Å²) >= 11 is 0. The molecule has 184 valence electrons. The summed E-state index contributed by atoms with van der Waals surface area (Å²) in [6.07, 6.45) is 4.15. The van der Waals surface area contributed by atoms with Crippen LogP contribution in [0.5, 0.6) is 5.75 Å². The standard InChI is InChI=1S/C26H41N3O4/c1-19(2)14-24-26(8-10-27(4)11-9-26)29(12-13-31-5)25(30)28(24)17-22-15-21(18-32-6)16-23(33-7)20(22)3/h14-16,19H,8-13,17-18H2,1-7H3/b24-14-. The summed E-state index contributed by atoms with van der Waals surface area (Å²) in [4.78, 5) is 20.3. The smallest absolute Gasteiger partial charge is 0.325 e. The van der Waals surface area contributed by atoms with Gasteiger partial charge < -0.3 is 24.0 Å². The van der Waals surface area contributed by atoms with E-state index in [4.69, 9.17) is 14.2 Å². The van der Waals surface area contributed by atoms with Crippen LogP contribution in [0.1, 0.15) is 43.4 Å². The molecule has 2 heterocycles. The maximum absolute atomic E-state index is 13.9. The predicted molar refractivity (Wildman–Crippen MR) is 130 cm³/mol. The fraction of sp³-hybridized carbons (Fsp3) is 0.654. The Morgan fingerprint density at radius 2 is 1.82 bits per heavy atom.